The Morgan fingerprint density at radius 3 is 1.32 bits per heavy atom. The van der Waals surface area contributed by atoms with Crippen molar-refractivity contribution >= 4 is 136 Å². The van der Waals surface area contributed by atoms with Gasteiger partial charge >= 0.3 is 0 Å². The molecule has 0 unspecified atom stereocenters. The summed E-state index contributed by atoms with van der Waals surface area (Å²) in [7, 11) is -3.25. The summed E-state index contributed by atoms with van der Waals surface area (Å²) in [5.41, 5.74) is 6.75. The number of rotatable bonds is 6. The fourth-order valence-corrected chi connectivity index (χ4v) is 18.5. The normalized spacial score (nSPS) is 12.3. The largest absolute Gasteiger partial charge is 0.309 e. The van der Waals surface area contributed by atoms with Crippen molar-refractivity contribution in [3.63, 3.8) is 0 Å². The van der Waals surface area contributed by atoms with Crippen LogP contribution in [-0.4, -0.2) is 32.2 Å². The molecule has 0 saturated carbocycles. The molecule has 0 atom stereocenters. The van der Waals surface area contributed by atoms with E-state index in [1.54, 1.807) is 0 Å². The molecule has 0 amide bonds. The van der Waals surface area contributed by atoms with E-state index in [0.29, 0.717) is 0 Å². The predicted octanol–water partition coefficient (Wildman–Crippen LogP) is 12.2. The number of hydrogen-bond donors (Lipinski definition) is 0. The van der Waals surface area contributed by atoms with Crippen molar-refractivity contribution in [2.45, 2.75) is 0 Å². The number of nitrogens with zero attached hydrogens (tertiary/aromatic N) is 5. The molecular weight excluding hydrogens is 847 g/mol. The minimum atomic E-state index is -3.25. The maximum atomic E-state index is 5.55. The van der Waals surface area contributed by atoms with Gasteiger partial charge in [0.2, 0.25) is 8.07 Å². The highest BCUT2D eigenvalue weighted by atomic mass is 32.1. The first-order valence-corrected chi connectivity index (χ1v) is 25.5. The van der Waals surface area contributed by atoms with Crippen molar-refractivity contribution in [1.29, 1.82) is 0 Å². The lowest BCUT2D eigenvalue weighted by molar-refractivity contribution is 1.14. The van der Waals surface area contributed by atoms with Gasteiger partial charge in [-0.3, -0.25) is 14.5 Å². The van der Waals surface area contributed by atoms with Crippen LogP contribution in [0.4, 0.5) is 0 Å². The predicted molar refractivity (Wildman–Crippen MR) is 278 cm³/mol. The average molecular weight is 882 g/mol. The minimum absolute atomic E-state index is 0.958. The van der Waals surface area contributed by atoms with E-state index in [-0.39, 0.29) is 0 Å². The van der Waals surface area contributed by atoms with Crippen LogP contribution < -0.4 is 21.0 Å². The quantitative estimate of drug-likeness (QED) is 0.156. The second-order valence-electron chi connectivity index (χ2n) is 16.7. The summed E-state index contributed by atoms with van der Waals surface area (Å²) in [4.78, 5) is 16.0. The second kappa shape index (κ2) is 14.1. The summed E-state index contributed by atoms with van der Waals surface area (Å²) in [6, 6.07) is 70.8. The van der Waals surface area contributed by atoms with E-state index in [1.807, 2.05) is 47.3 Å². The summed E-state index contributed by atoms with van der Waals surface area (Å²) >= 11 is 3.70. The number of fused-ring (bicyclic) bond motifs is 12. The molecule has 0 aliphatic rings. The van der Waals surface area contributed by atoms with Gasteiger partial charge in [0.1, 0.15) is 5.65 Å². The Kier molecular flexibility index (Phi) is 7.98. The summed E-state index contributed by atoms with van der Waals surface area (Å²) in [6.45, 7) is 0. The van der Waals surface area contributed by atoms with Gasteiger partial charge in [-0.15, -0.1) is 22.7 Å². The zero-order valence-corrected chi connectivity index (χ0v) is 37.4. The second-order valence-corrected chi connectivity index (χ2v) is 22.4. The lowest BCUT2D eigenvalue weighted by Crippen LogP contribution is -2.76. The van der Waals surface area contributed by atoms with E-state index in [2.05, 4.69) is 197 Å². The van der Waals surface area contributed by atoms with E-state index in [1.165, 1.54) is 77.9 Å². The number of thiophene rings is 2. The third kappa shape index (κ3) is 5.21. The fourth-order valence-electron chi connectivity index (χ4n) is 10.7. The molecule has 0 radical (unpaired) electrons. The Bertz CT molecular complexity index is 3830. The van der Waals surface area contributed by atoms with Gasteiger partial charge in [-0.1, -0.05) is 115 Å². The van der Waals surface area contributed by atoms with Crippen LogP contribution >= 0.6 is 22.7 Å². The zero-order chi connectivity index (χ0) is 42.6. The SMILES string of the molecule is c1ccc([Si](c2ccccc2)(c2nccc3c2sc2ccc(-n4c5ccccc5c5ccccc54)cc23)c2nccc3c2sc2ccc(-n4c5ccccc5c5cccnc54)cc23)cc1. The molecule has 0 N–H and O–H groups in total. The van der Waals surface area contributed by atoms with Crippen molar-refractivity contribution in [3.8, 4) is 11.4 Å². The molecule has 14 aromatic rings. The van der Waals surface area contributed by atoms with Gasteiger partial charge in [-0.2, -0.15) is 0 Å². The summed E-state index contributed by atoms with van der Waals surface area (Å²) in [5, 5.41) is 14.5. The van der Waals surface area contributed by atoms with Gasteiger partial charge in [0, 0.05) is 82.5 Å². The first kappa shape index (κ1) is 36.7. The van der Waals surface area contributed by atoms with Crippen LogP contribution in [0.15, 0.2) is 213 Å². The molecule has 7 aromatic carbocycles. The van der Waals surface area contributed by atoms with Crippen LogP contribution in [0, 0.1) is 0 Å². The van der Waals surface area contributed by atoms with Crippen LogP contribution in [0.2, 0.25) is 0 Å². The number of pyridine rings is 3. The average Bonchev–Trinajstić information content (AvgIpc) is 4.13. The van der Waals surface area contributed by atoms with Crippen LogP contribution in [0.5, 0.6) is 0 Å². The molecule has 0 aliphatic carbocycles. The first-order valence-electron chi connectivity index (χ1n) is 21.8. The zero-order valence-electron chi connectivity index (χ0n) is 34.8. The molecule has 0 aliphatic heterocycles. The molecule has 0 bridgehead atoms. The van der Waals surface area contributed by atoms with Crippen molar-refractivity contribution in [3.05, 3.63) is 213 Å². The highest BCUT2D eigenvalue weighted by Crippen LogP contribution is 2.40. The third-order valence-corrected chi connectivity index (χ3v) is 20.7. The Balaban J connectivity index is 1.04. The topological polar surface area (TPSA) is 48.5 Å². The van der Waals surface area contributed by atoms with E-state index in [4.69, 9.17) is 15.0 Å². The van der Waals surface area contributed by atoms with Gasteiger partial charge in [-0.25, -0.2) is 4.98 Å². The molecule has 5 nitrogen and oxygen atoms in total. The number of benzene rings is 7. The van der Waals surface area contributed by atoms with Crippen molar-refractivity contribution in [2.75, 3.05) is 0 Å². The lowest BCUT2D eigenvalue weighted by atomic mass is 10.1. The molecule has 0 spiro atoms. The molecule has 14 rings (SSSR count). The minimum Gasteiger partial charge on any atom is -0.309 e. The summed E-state index contributed by atoms with van der Waals surface area (Å²) in [5.74, 6) is 0. The lowest BCUT2D eigenvalue weighted by Gasteiger charge is -2.32. The van der Waals surface area contributed by atoms with Crippen LogP contribution in [-0.2, 0) is 0 Å². The third-order valence-electron chi connectivity index (χ3n) is 13.4. The van der Waals surface area contributed by atoms with Gasteiger partial charge in [-0.05, 0) is 89.2 Å². The van der Waals surface area contributed by atoms with Gasteiger partial charge in [0.25, 0.3) is 0 Å². The van der Waals surface area contributed by atoms with E-state index >= 15 is 0 Å². The molecule has 7 aromatic heterocycles. The van der Waals surface area contributed by atoms with Crippen LogP contribution in [0.1, 0.15) is 0 Å². The number of para-hydroxylation sites is 3. The Labute approximate surface area is 381 Å². The maximum Gasteiger partial charge on any atom is 0.227 e. The number of hydrogen-bond acceptors (Lipinski definition) is 5. The Hall–Kier alpha value is -7.75. The van der Waals surface area contributed by atoms with Crippen LogP contribution in [0.25, 0.3) is 95.5 Å². The maximum absolute atomic E-state index is 5.55. The monoisotopic (exact) mass is 881 g/mol. The molecule has 304 valence electrons. The molecule has 8 heteroatoms. The van der Waals surface area contributed by atoms with Gasteiger partial charge in [0.15, 0.2) is 0 Å². The highest BCUT2D eigenvalue weighted by Gasteiger charge is 2.47. The smallest absolute Gasteiger partial charge is 0.227 e. The van der Waals surface area contributed by atoms with Crippen molar-refractivity contribution in [1.82, 2.24) is 24.1 Å². The standard InChI is InChI=1S/C57H35N5S2Si/c1-3-14-38(15-4-1)65(39-16-5-2-6-17-39,56-53-43(29-32-59-56)46-34-36(25-27-51(46)63-53)61-48-22-10-7-18-40(48)41-19-8-11-23-49(41)61)57-54-44(30-33-60-57)47-35-37(26-28-52(47)64-54)62-50-24-12-9-20-42(50)45-21-13-31-58-55(45)62/h1-35H. The highest BCUT2D eigenvalue weighted by molar-refractivity contribution is 7.33. The molecule has 65 heavy (non-hydrogen) atoms. The molecule has 0 saturated heterocycles. The summed E-state index contributed by atoms with van der Waals surface area (Å²) in [6.07, 6.45) is 5.97. The van der Waals surface area contributed by atoms with Crippen LogP contribution in [0.3, 0.4) is 0 Å². The van der Waals surface area contributed by atoms with Crippen molar-refractivity contribution in [2.24, 2.45) is 0 Å². The van der Waals surface area contributed by atoms with E-state index < -0.39 is 8.07 Å². The molecule has 0 fully saturated rings. The first-order chi connectivity index (χ1) is 32.3. The Morgan fingerprint density at radius 1 is 0.338 bits per heavy atom. The molecular formula is C57H35N5S2Si. The van der Waals surface area contributed by atoms with Gasteiger partial charge in [0.05, 0.1) is 36.6 Å². The summed E-state index contributed by atoms with van der Waals surface area (Å²) < 4.78 is 9.60. The fraction of sp³-hybridized carbons (Fsp3) is 0. The number of aromatic nitrogens is 5. The van der Waals surface area contributed by atoms with E-state index in [0.717, 1.165) is 38.6 Å². The molecule has 7 heterocycles. The van der Waals surface area contributed by atoms with E-state index in [9.17, 15) is 0 Å². The van der Waals surface area contributed by atoms with Gasteiger partial charge < -0.3 is 4.57 Å². The van der Waals surface area contributed by atoms with Crippen molar-refractivity contribution < 1.29 is 0 Å². The Morgan fingerprint density at radius 2 is 0.785 bits per heavy atom.